The molecule has 1 unspecified atom stereocenters. The van der Waals surface area contributed by atoms with E-state index in [0.29, 0.717) is 27.7 Å². The molecule has 2 N–H and O–H groups in total. The van der Waals surface area contributed by atoms with E-state index in [-0.39, 0.29) is 24.5 Å². The zero-order valence-electron chi connectivity index (χ0n) is 17.2. The molecule has 1 aliphatic heterocycles. The van der Waals surface area contributed by atoms with Crippen molar-refractivity contribution in [2.24, 2.45) is 0 Å². The lowest BCUT2D eigenvalue weighted by molar-refractivity contribution is -0.141. The van der Waals surface area contributed by atoms with Crippen molar-refractivity contribution >= 4 is 23.6 Å². The Morgan fingerprint density at radius 1 is 1.12 bits per heavy atom. The van der Waals surface area contributed by atoms with Crippen molar-refractivity contribution in [3.05, 3.63) is 100 Å². The third kappa shape index (κ3) is 5.34. The van der Waals surface area contributed by atoms with Crippen molar-refractivity contribution in [2.45, 2.75) is 12.6 Å². The van der Waals surface area contributed by atoms with Crippen LogP contribution in [0.25, 0.3) is 0 Å². The van der Waals surface area contributed by atoms with Crippen molar-refractivity contribution in [3.63, 3.8) is 0 Å². The minimum absolute atomic E-state index is 0.0866. The molecule has 2 amide bonds. The van der Waals surface area contributed by atoms with Crippen LogP contribution in [0.4, 0.5) is 4.79 Å². The number of esters is 1. The molecule has 0 saturated carbocycles. The van der Waals surface area contributed by atoms with Crippen LogP contribution in [0.3, 0.4) is 0 Å². The maximum atomic E-state index is 13.2. The standard InChI is InChI=1S/C24H18ClN3O5/c25-17-6-2-7-18(11-17)32-14-20-21(23(29)33-13-19-8-3-9-31-19)22(28-24(30)27-20)16-5-1-4-15(10-16)12-26/h1-11,22H,13-14H2,(H2,27,28,30). The molecule has 166 valence electrons. The Balaban J connectivity index is 1.68. The monoisotopic (exact) mass is 463 g/mol. The normalized spacial score (nSPS) is 15.3. The summed E-state index contributed by atoms with van der Waals surface area (Å²) in [6.07, 6.45) is 1.48. The Labute approximate surface area is 194 Å². The van der Waals surface area contributed by atoms with E-state index in [1.165, 1.54) is 6.26 Å². The highest BCUT2D eigenvalue weighted by molar-refractivity contribution is 6.30. The molecule has 0 radical (unpaired) electrons. The summed E-state index contributed by atoms with van der Waals surface area (Å²) in [6, 6.07) is 17.4. The van der Waals surface area contributed by atoms with Gasteiger partial charge in [-0.3, -0.25) is 0 Å². The van der Waals surface area contributed by atoms with E-state index in [9.17, 15) is 14.9 Å². The number of rotatable bonds is 7. The maximum Gasteiger partial charge on any atom is 0.338 e. The fourth-order valence-electron chi connectivity index (χ4n) is 3.33. The number of nitrogens with one attached hydrogen (secondary N) is 2. The van der Waals surface area contributed by atoms with Crippen LogP contribution < -0.4 is 15.4 Å². The molecule has 1 aromatic heterocycles. The number of furan rings is 1. The van der Waals surface area contributed by atoms with Gasteiger partial charge in [0.15, 0.2) is 0 Å². The summed E-state index contributed by atoms with van der Waals surface area (Å²) < 4.78 is 16.4. The predicted octanol–water partition coefficient (Wildman–Crippen LogP) is 4.24. The van der Waals surface area contributed by atoms with Gasteiger partial charge in [-0.1, -0.05) is 29.8 Å². The Morgan fingerprint density at radius 2 is 1.97 bits per heavy atom. The van der Waals surface area contributed by atoms with Crippen LogP contribution in [0.5, 0.6) is 5.75 Å². The number of nitriles is 1. The van der Waals surface area contributed by atoms with Gasteiger partial charge in [-0.2, -0.15) is 5.26 Å². The number of hydrogen-bond donors (Lipinski definition) is 2. The van der Waals surface area contributed by atoms with Crippen molar-refractivity contribution in [1.82, 2.24) is 10.6 Å². The highest BCUT2D eigenvalue weighted by Gasteiger charge is 2.34. The highest BCUT2D eigenvalue weighted by atomic mass is 35.5. The van der Waals surface area contributed by atoms with Gasteiger partial charge in [0.05, 0.1) is 35.2 Å². The summed E-state index contributed by atoms with van der Waals surface area (Å²) in [5.41, 5.74) is 1.32. The molecular formula is C24H18ClN3O5. The molecule has 1 atom stereocenters. The van der Waals surface area contributed by atoms with E-state index in [1.807, 2.05) is 0 Å². The minimum Gasteiger partial charge on any atom is -0.487 e. The van der Waals surface area contributed by atoms with Crippen LogP contribution in [-0.4, -0.2) is 18.6 Å². The summed E-state index contributed by atoms with van der Waals surface area (Å²) in [4.78, 5) is 25.6. The van der Waals surface area contributed by atoms with Crippen molar-refractivity contribution in [3.8, 4) is 11.8 Å². The van der Waals surface area contributed by atoms with Crippen LogP contribution in [0.15, 0.2) is 82.6 Å². The van der Waals surface area contributed by atoms with Gasteiger partial charge in [0.25, 0.3) is 0 Å². The number of carbonyl (C=O) groups is 2. The predicted molar refractivity (Wildman–Crippen MR) is 118 cm³/mol. The average molecular weight is 464 g/mol. The third-order valence-electron chi connectivity index (χ3n) is 4.83. The number of nitrogens with zero attached hydrogens (tertiary/aromatic N) is 1. The van der Waals surface area contributed by atoms with Gasteiger partial charge < -0.3 is 24.5 Å². The number of carbonyl (C=O) groups excluding carboxylic acids is 2. The smallest absolute Gasteiger partial charge is 0.338 e. The Hall–Kier alpha value is -4.22. The van der Waals surface area contributed by atoms with E-state index in [4.69, 9.17) is 25.5 Å². The van der Waals surface area contributed by atoms with Crippen LogP contribution in [0.2, 0.25) is 5.02 Å². The molecule has 1 aliphatic rings. The molecule has 33 heavy (non-hydrogen) atoms. The minimum atomic E-state index is -0.853. The molecule has 3 aromatic rings. The second-order valence-corrected chi connectivity index (χ2v) is 7.50. The summed E-state index contributed by atoms with van der Waals surface area (Å²) in [7, 11) is 0. The summed E-state index contributed by atoms with van der Waals surface area (Å²) in [6.45, 7) is -0.204. The number of benzene rings is 2. The molecule has 0 bridgehead atoms. The molecule has 0 saturated heterocycles. The first-order valence-corrected chi connectivity index (χ1v) is 10.3. The van der Waals surface area contributed by atoms with Gasteiger partial charge in [-0.25, -0.2) is 9.59 Å². The fourth-order valence-corrected chi connectivity index (χ4v) is 3.51. The van der Waals surface area contributed by atoms with E-state index in [1.54, 1.807) is 60.7 Å². The molecule has 0 spiro atoms. The van der Waals surface area contributed by atoms with Gasteiger partial charge in [0.1, 0.15) is 24.7 Å². The zero-order chi connectivity index (χ0) is 23.2. The molecule has 2 aromatic carbocycles. The summed E-state index contributed by atoms with van der Waals surface area (Å²) >= 11 is 6.01. The van der Waals surface area contributed by atoms with Crippen LogP contribution in [0, 0.1) is 11.3 Å². The fraction of sp³-hybridized carbons (Fsp3) is 0.125. The van der Waals surface area contributed by atoms with E-state index in [0.717, 1.165) is 0 Å². The van der Waals surface area contributed by atoms with E-state index in [2.05, 4.69) is 16.7 Å². The first kappa shape index (κ1) is 22.0. The summed E-state index contributed by atoms with van der Waals surface area (Å²) in [5.74, 6) is 0.265. The zero-order valence-corrected chi connectivity index (χ0v) is 18.0. The van der Waals surface area contributed by atoms with E-state index < -0.39 is 18.0 Å². The second kappa shape index (κ2) is 9.94. The molecule has 9 heteroatoms. The number of urea groups is 1. The van der Waals surface area contributed by atoms with Gasteiger partial charge in [-0.15, -0.1) is 0 Å². The van der Waals surface area contributed by atoms with E-state index >= 15 is 0 Å². The highest BCUT2D eigenvalue weighted by Crippen LogP contribution is 2.29. The van der Waals surface area contributed by atoms with Crippen molar-refractivity contribution in [1.29, 1.82) is 5.26 Å². The van der Waals surface area contributed by atoms with Gasteiger partial charge in [-0.05, 0) is 48.0 Å². The Morgan fingerprint density at radius 3 is 2.73 bits per heavy atom. The lowest BCUT2D eigenvalue weighted by Crippen LogP contribution is -2.47. The van der Waals surface area contributed by atoms with Crippen LogP contribution >= 0.6 is 11.6 Å². The number of halogens is 1. The van der Waals surface area contributed by atoms with Crippen molar-refractivity contribution in [2.75, 3.05) is 6.61 Å². The molecule has 8 nitrogen and oxygen atoms in total. The Bertz CT molecular complexity index is 1250. The van der Waals surface area contributed by atoms with Gasteiger partial charge in [0, 0.05) is 5.02 Å². The lowest BCUT2D eigenvalue weighted by Gasteiger charge is -2.29. The molecule has 4 rings (SSSR count). The number of ether oxygens (including phenoxy) is 2. The average Bonchev–Trinajstić information content (AvgIpc) is 3.34. The molecular weight excluding hydrogens is 446 g/mol. The number of hydrogen-bond acceptors (Lipinski definition) is 6. The van der Waals surface area contributed by atoms with Crippen LogP contribution in [0.1, 0.15) is 22.9 Å². The quantitative estimate of drug-likeness (QED) is 0.507. The topological polar surface area (TPSA) is 114 Å². The largest absolute Gasteiger partial charge is 0.487 e. The number of amides is 2. The Kier molecular flexibility index (Phi) is 6.62. The maximum absolute atomic E-state index is 13.2. The first-order valence-electron chi connectivity index (χ1n) is 9.92. The molecule has 0 aliphatic carbocycles. The summed E-state index contributed by atoms with van der Waals surface area (Å²) in [5, 5.41) is 15.1. The van der Waals surface area contributed by atoms with Gasteiger partial charge >= 0.3 is 12.0 Å². The first-order chi connectivity index (χ1) is 16.0. The molecule has 0 fully saturated rings. The third-order valence-corrected chi connectivity index (χ3v) is 5.06. The SMILES string of the molecule is N#Cc1cccc(C2NC(=O)NC(COc3cccc(Cl)c3)=C2C(=O)OCc2ccco2)c1. The van der Waals surface area contributed by atoms with Crippen LogP contribution in [-0.2, 0) is 16.1 Å². The molecule has 2 heterocycles. The van der Waals surface area contributed by atoms with Gasteiger partial charge in [0.2, 0.25) is 0 Å². The lowest BCUT2D eigenvalue weighted by atomic mass is 9.94. The second-order valence-electron chi connectivity index (χ2n) is 7.06. The van der Waals surface area contributed by atoms with Crippen molar-refractivity contribution < 1.29 is 23.5 Å².